The summed E-state index contributed by atoms with van der Waals surface area (Å²) >= 11 is 9.56. The summed E-state index contributed by atoms with van der Waals surface area (Å²) in [6.45, 7) is 2.04. The van der Waals surface area contributed by atoms with E-state index in [1.54, 1.807) is 0 Å². The Bertz CT molecular complexity index is 789. The molecule has 0 fully saturated rings. The molecule has 3 rings (SSSR count). The highest BCUT2D eigenvalue weighted by Crippen LogP contribution is 2.28. The SMILES string of the molecule is Cc1cc(Nc2nnc(Cl)c3ccccc23)ccc1Br. The molecule has 0 aliphatic carbocycles. The average Bonchev–Trinajstić information content (AvgIpc) is 2.46. The van der Waals surface area contributed by atoms with Gasteiger partial charge in [-0.25, -0.2) is 0 Å². The van der Waals surface area contributed by atoms with E-state index in [4.69, 9.17) is 11.6 Å². The molecule has 3 aromatic rings. The van der Waals surface area contributed by atoms with Gasteiger partial charge in [-0.05, 0) is 30.7 Å². The van der Waals surface area contributed by atoms with Gasteiger partial charge in [0.15, 0.2) is 11.0 Å². The zero-order valence-corrected chi connectivity index (χ0v) is 13.0. The molecule has 0 saturated heterocycles. The molecule has 0 amide bonds. The molecule has 3 nitrogen and oxygen atoms in total. The molecule has 2 aromatic carbocycles. The van der Waals surface area contributed by atoms with Gasteiger partial charge in [-0.3, -0.25) is 0 Å². The number of aryl methyl sites for hydroxylation is 1. The van der Waals surface area contributed by atoms with Crippen LogP contribution in [0.4, 0.5) is 11.5 Å². The van der Waals surface area contributed by atoms with Gasteiger partial charge in [0, 0.05) is 20.9 Å². The van der Waals surface area contributed by atoms with Crippen LogP contribution in [0, 0.1) is 6.92 Å². The van der Waals surface area contributed by atoms with E-state index in [-0.39, 0.29) is 0 Å². The third kappa shape index (κ3) is 2.49. The summed E-state index contributed by atoms with van der Waals surface area (Å²) in [7, 11) is 0. The Kier molecular flexibility index (Phi) is 3.59. The summed E-state index contributed by atoms with van der Waals surface area (Å²) in [5, 5.41) is 13.7. The summed E-state index contributed by atoms with van der Waals surface area (Å²) < 4.78 is 1.08. The molecule has 0 saturated carbocycles. The predicted octanol–water partition coefficient (Wildman–Crippen LogP) is 5.10. The second kappa shape index (κ2) is 5.38. The second-order valence-corrected chi connectivity index (χ2v) is 5.69. The third-order valence-corrected chi connectivity index (χ3v) is 4.23. The van der Waals surface area contributed by atoms with Gasteiger partial charge in [-0.15, -0.1) is 10.2 Å². The number of hydrogen-bond donors (Lipinski definition) is 1. The Labute approximate surface area is 130 Å². The number of hydrogen-bond acceptors (Lipinski definition) is 3. The fourth-order valence-electron chi connectivity index (χ4n) is 2.02. The van der Waals surface area contributed by atoms with E-state index in [0.29, 0.717) is 11.0 Å². The van der Waals surface area contributed by atoms with Crippen molar-refractivity contribution in [2.75, 3.05) is 5.32 Å². The number of aromatic nitrogens is 2. The van der Waals surface area contributed by atoms with Gasteiger partial charge in [-0.2, -0.15) is 0 Å². The van der Waals surface area contributed by atoms with E-state index in [2.05, 4.69) is 37.5 Å². The quantitative estimate of drug-likeness (QED) is 0.700. The van der Waals surface area contributed by atoms with E-state index >= 15 is 0 Å². The first-order chi connectivity index (χ1) is 9.65. The van der Waals surface area contributed by atoms with Crippen LogP contribution in [0.15, 0.2) is 46.9 Å². The van der Waals surface area contributed by atoms with Crippen molar-refractivity contribution in [2.45, 2.75) is 6.92 Å². The topological polar surface area (TPSA) is 37.8 Å². The molecule has 1 aromatic heterocycles. The van der Waals surface area contributed by atoms with Gasteiger partial charge < -0.3 is 5.32 Å². The summed E-state index contributed by atoms with van der Waals surface area (Å²) in [6, 6.07) is 13.8. The lowest BCUT2D eigenvalue weighted by Gasteiger charge is -2.10. The molecule has 0 aliphatic heterocycles. The van der Waals surface area contributed by atoms with Crippen molar-refractivity contribution in [2.24, 2.45) is 0 Å². The first kappa shape index (κ1) is 13.3. The molecule has 0 unspecified atom stereocenters. The number of rotatable bonds is 2. The molecule has 1 N–H and O–H groups in total. The maximum absolute atomic E-state index is 6.07. The average molecular weight is 349 g/mol. The van der Waals surface area contributed by atoms with E-state index in [0.717, 1.165) is 26.5 Å². The fourth-order valence-corrected chi connectivity index (χ4v) is 2.47. The first-order valence-corrected chi connectivity index (χ1v) is 7.26. The molecule has 0 radical (unpaired) electrons. The summed E-state index contributed by atoms with van der Waals surface area (Å²) in [5.41, 5.74) is 2.12. The lowest BCUT2D eigenvalue weighted by atomic mass is 10.2. The summed E-state index contributed by atoms with van der Waals surface area (Å²) in [6.07, 6.45) is 0. The molecular weight excluding hydrogens is 338 g/mol. The number of nitrogens with zero attached hydrogens (tertiary/aromatic N) is 2. The van der Waals surface area contributed by atoms with Crippen LogP contribution < -0.4 is 5.32 Å². The highest BCUT2D eigenvalue weighted by Gasteiger charge is 2.07. The number of nitrogens with one attached hydrogen (secondary N) is 1. The van der Waals surface area contributed by atoms with Crippen LogP contribution in [0.3, 0.4) is 0 Å². The fraction of sp³-hybridized carbons (Fsp3) is 0.0667. The molecule has 20 heavy (non-hydrogen) atoms. The minimum absolute atomic E-state index is 0.415. The van der Waals surface area contributed by atoms with Gasteiger partial charge in [0.2, 0.25) is 0 Å². The van der Waals surface area contributed by atoms with Gasteiger partial charge in [0.05, 0.1) is 0 Å². The van der Waals surface area contributed by atoms with Gasteiger partial charge in [0.25, 0.3) is 0 Å². The van der Waals surface area contributed by atoms with Crippen LogP contribution >= 0.6 is 27.5 Å². The Morgan fingerprint density at radius 3 is 2.55 bits per heavy atom. The van der Waals surface area contributed by atoms with E-state index in [1.165, 1.54) is 0 Å². The third-order valence-electron chi connectivity index (χ3n) is 3.06. The number of anilines is 2. The maximum Gasteiger partial charge on any atom is 0.161 e. The Hall–Kier alpha value is -1.65. The van der Waals surface area contributed by atoms with Crippen LogP contribution in [-0.4, -0.2) is 10.2 Å². The highest BCUT2D eigenvalue weighted by molar-refractivity contribution is 9.10. The molecule has 0 spiro atoms. The molecule has 5 heteroatoms. The van der Waals surface area contributed by atoms with Crippen molar-refractivity contribution >= 4 is 49.8 Å². The summed E-state index contributed by atoms with van der Waals surface area (Å²) in [4.78, 5) is 0. The van der Waals surface area contributed by atoms with E-state index < -0.39 is 0 Å². The Morgan fingerprint density at radius 1 is 1.05 bits per heavy atom. The number of fused-ring (bicyclic) bond motifs is 1. The van der Waals surface area contributed by atoms with Crippen molar-refractivity contribution in [1.29, 1.82) is 0 Å². The predicted molar refractivity (Wildman–Crippen MR) is 86.7 cm³/mol. The monoisotopic (exact) mass is 347 g/mol. The Balaban J connectivity index is 2.06. The van der Waals surface area contributed by atoms with Crippen molar-refractivity contribution < 1.29 is 0 Å². The molecule has 1 heterocycles. The van der Waals surface area contributed by atoms with Gasteiger partial charge >= 0.3 is 0 Å². The highest BCUT2D eigenvalue weighted by atomic mass is 79.9. The van der Waals surface area contributed by atoms with Crippen LogP contribution in [0.1, 0.15) is 5.56 Å². The van der Waals surface area contributed by atoms with Crippen LogP contribution in [0.2, 0.25) is 5.15 Å². The van der Waals surface area contributed by atoms with Gasteiger partial charge in [-0.1, -0.05) is 51.8 Å². The molecule has 0 atom stereocenters. The van der Waals surface area contributed by atoms with Crippen molar-refractivity contribution in [3.8, 4) is 0 Å². The molecule has 100 valence electrons. The van der Waals surface area contributed by atoms with Crippen LogP contribution in [0.25, 0.3) is 10.8 Å². The minimum atomic E-state index is 0.415. The largest absolute Gasteiger partial charge is 0.338 e. The smallest absolute Gasteiger partial charge is 0.161 e. The van der Waals surface area contributed by atoms with E-state index in [9.17, 15) is 0 Å². The van der Waals surface area contributed by atoms with E-state index in [1.807, 2.05) is 43.3 Å². The maximum atomic E-state index is 6.07. The zero-order chi connectivity index (χ0) is 14.1. The second-order valence-electron chi connectivity index (χ2n) is 4.47. The van der Waals surface area contributed by atoms with Crippen LogP contribution in [0.5, 0.6) is 0 Å². The molecule has 0 bridgehead atoms. The van der Waals surface area contributed by atoms with Crippen LogP contribution in [-0.2, 0) is 0 Å². The molecular formula is C15H11BrClN3. The minimum Gasteiger partial charge on any atom is -0.338 e. The summed E-state index contributed by atoms with van der Waals surface area (Å²) in [5.74, 6) is 0.701. The lowest BCUT2D eigenvalue weighted by molar-refractivity contribution is 1.05. The zero-order valence-electron chi connectivity index (χ0n) is 10.7. The normalized spacial score (nSPS) is 10.8. The van der Waals surface area contributed by atoms with Gasteiger partial charge in [0.1, 0.15) is 0 Å². The first-order valence-electron chi connectivity index (χ1n) is 6.09. The molecule has 0 aliphatic rings. The Morgan fingerprint density at radius 2 is 1.80 bits per heavy atom. The number of halogens is 2. The van der Waals surface area contributed by atoms with Crippen molar-refractivity contribution in [3.63, 3.8) is 0 Å². The van der Waals surface area contributed by atoms with Crippen molar-refractivity contribution in [3.05, 3.63) is 57.7 Å². The standard InChI is InChI=1S/C15H11BrClN3/c1-9-8-10(6-7-13(9)16)18-15-12-5-3-2-4-11(12)14(17)19-20-15/h2-8H,1H3,(H,18,20). The number of benzene rings is 2. The van der Waals surface area contributed by atoms with Crippen molar-refractivity contribution in [1.82, 2.24) is 10.2 Å². The lowest BCUT2D eigenvalue weighted by Crippen LogP contribution is -1.97.